The molecule has 0 aromatic heterocycles. The second-order valence-corrected chi connectivity index (χ2v) is 6.06. The third-order valence-corrected chi connectivity index (χ3v) is 4.56. The van der Waals surface area contributed by atoms with Crippen LogP contribution >= 0.6 is 0 Å². The van der Waals surface area contributed by atoms with Crippen molar-refractivity contribution in [3.63, 3.8) is 0 Å². The van der Waals surface area contributed by atoms with Crippen molar-refractivity contribution in [2.24, 2.45) is 11.8 Å². The second-order valence-electron chi connectivity index (χ2n) is 6.06. The first-order valence-electron chi connectivity index (χ1n) is 8.61. The van der Waals surface area contributed by atoms with E-state index in [4.69, 9.17) is 0 Å². The van der Waals surface area contributed by atoms with Crippen molar-refractivity contribution in [1.29, 1.82) is 0 Å². The maximum atomic E-state index is 2.76. The van der Waals surface area contributed by atoms with Crippen molar-refractivity contribution in [3.05, 3.63) is 0 Å². The van der Waals surface area contributed by atoms with E-state index < -0.39 is 0 Å². The molecule has 0 spiro atoms. The molecular formula is C17H35N. The summed E-state index contributed by atoms with van der Waals surface area (Å²) in [6.45, 7) is 10.5. The zero-order valence-corrected chi connectivity index (χ0v) is 13.1. The smallest absolute Gasteiger partial charge is 0.00102 e. The Morgan fingerprint density at radius 3 is 2.17 bits per heavy atom. The first kappa shape index (κ1) is 16.0. The van der Waals surface area contributed by atoms with Crippen molar-refractivity contribution >= 4 is 0 Å². The fraction of sp³-hybridized carbons (Fsp3) is 1.00. The molecule has 1 saturated heterocycles. The summed E-state index contributed by atoms with van der Waals surface area (Å²) in [5.74, 6) is 2.05. The van der Waals surface area contributed by atoms with E-state index in [-0.39, 0.29) is 0 Å². The summed E-state index contributed by atoms with van der Waals surface area (Å²) in [7, 11) is 0. The Balaban J connectivity index is 0.000000771. The normalized spacial score (nSPS) is 26.5. The van der Waals surface area contributed by atoms with Gasteiger partial charge in [0.1, 0.15) is 0 Å². The van der Waals surface area contributed by atoms with E-state index in [1.54, 1.807) is 0 Å². The van der Waals surface area contributed by atoms with Gasteiger partial charge in [-0.25, -0.2) is 0 Å². The van der Waals surface area contributed by atoms with E-state index in [0.717, 1.165) is 11.8 Å². The number of nitrogens with zero attached hydrogens (tertiary/aromatic N) is 1. The van der Waals surface area contributed by atoms with Crippen molar-refractivity contribution < 1.29 is 0 Å². The van der Waals surface area contributed by atoms with Crippen LogP contribution in [0.3, 0.4) is 0 Å². The Bertz CT molecular complexity index is 182. The molecule has 1 aliphatic heterocycles. The highest BCUT2D eigenvalue weighted by atomic mass is 15.1. The highest BCUT2D eigenvalue weighted by Gasteiger charge is 2.24. The summed E-state index contributed by atoms with van der Waals surface area (Å²) in [6, 6.07) is 0. The van der Waals surface area contributed by atoms with Crippen molar-refractivity contribution in [1.82, 2.24) is 4.90 Å². The molecule has 2 fully saturated rings. The van der Waals surface area contributed by atoms with Crippen LogP contribution in [0.4, 0.5) is 0 Å². The zero-order chi connectivity index (χ0) is 13.2. The SMILES string of the molecule is CC.CCCC1CCN(CC2CCCCCC2)C1. The van der Waals surface area contributed by atoms with Crippen LogP contribution in [0.1, 0.15) is 78.6 Å². The molecule has 0 amide bonds. The van der Waals surface area contributed by atoms with Gasteiger partial charge in [-0.2, -0.15) is 0 Å². The molecule has 18 heavy (non-hydrogen) atoms. The van der Waals surface area contributed by atoms with E-state index in [0.29, 0.717) is 0 Å². The predicted octanol–water partition coefficient (Wildman–Crippen LogP) is 5.11. The number of hydrogen-bond acceptors (Lipinski definition) is 1. The third-order valence-electron chi connectivity index (χ3n) is 4.56. The maximum Gasteiger partial charge on any atom is 0.00102 e. The van der Waals surface area contributed by atoms with Crippen molar-refractivity contribution in [3.8, 4) is 0 Å². The standard InChI is InChI=1S/C15H29N.C2H6/c1-2-7-14-10-11-16(12-14)13-15-8-5-3-4-6-9-15;1-2/h14-15H,2-13H2,1H3;1-2H3. The molecule has 1 aliphatic carbocycles. The predicted molar refractivity (Wildman–Crippen MR) is 82.0 cm³/mol. The van der Waals surface area contributed by atoms with Gasteiger partial charge < -0.3 is 4.90 Å². The monoisotopic (exact) mass is 253 g/mol. The highest BCUT2D eigenvalue weighted by molar-refractivity contribution is 4.78. The molecule has 1 unspecified atom stereocenters. The van der Waals surface area contributed by atoms with E-state index >= 15 is 0 Å². The van der Waals surface area contributed by atoms with Crippen molar-refractivity contribution in [2.45, 2.75) is 78.6 Å². The van der Waals surface area contributed by atoms with Crippen LogP contribution in [0.5, 0.6) is 0 Å². The number of likely N-dealkylation sites (tertiary alicyclic amines) is 1. The van der Waals surface area contributed by atoms with Crippen LogP contribution in [0.15, 0.2) is 0 Å². The summed E-state index contributed by atoms with van der Waals surface area (Å²) in [6.07, 6.45) is 13.3. The van der Waals surface area contributed by atoms with Crippen LogP contribution in [-0.4, -0.2) is 24.5 Å². The maximum absolute atomic E-state index is 2.76. The minimum absolute atomic E-state index is 1.02. The summed E-state index contributed by atoms with van der Waals surface area (Å²) < 4.78 is 0. The molecule has 1 heteroatoms. The Morgan fingerprint density at radius 1 is 0.889 bits per heavy atom. The molecular weight excluding hydrogens is 218 g/mol. The lowest BCUT2D eigenvalue weighted by atomic mass is 10.00. The molecule has 1 nitrogen and oxygen atoms in total. The quantitative estimate of drug-likeness (QED) is 0.630. The van der Waals surface area contributed by atoms with Crippen LogP contribution in [0.25, 0.3) is 0 Å². The lowest BCUT2D eigenvalue weighted by Gasteiger charge is -2.22. The molecule has 0 aromatic carbocycles. The van der Waals surface area contributed by atoms with Gasteiger partial charge in [-0.3, -0.25) is 0 Å². The minimum atomic E-state index is 1.02. The molecule has 0 radical (unpaired) electrons. The molecule has 0 aromatic rings. The van der Waals surface area contributed by atoms with Crippen molar-refractivity contribution in [2.75, 3.05) is 19.6 Å². The largest absolute Gasteiger partial charge is 0.303 e. The lowest BCUT2D eigenvalue weighted by molar-refractivity contribution is 0.251. The Labute approximate surface area is 115 Å². The Kier molecular flexibility index (Phi) is 8.75. The number of hydrogen-bond donors (Lipinski definition) is 0. The van der Waals surface area contributed by atoms with Crippen LogP contribution in [0.2, 0.25) is 0 Å². The van der Waals surface area contributed by atoms with Gasteiger partial charge in [0.2, 0.25) is 0 Å². The molecule has 1 atom stereocenters. The molecule has 1 saturated carbocycles. The summed E-state index contributed by atoms with van der Waals surface area (Å²) in [4.78, 5) is 2.76. The second kappa shape index (κ2) is 9.83. The molecule has 0 N–H and O–H groups in total. The van der Waals surface area contributed by atoms with Gasteiger partial charge in [0, 0.05) is 13.1 Å². The summed E-state index contributed by atoms with van der Waals surface area (Å²) >= 11 is 0. The molecule has 0 bridgehead atoms. The summed E-state index contributed by atoms with van der Waals surface area (Å²) in [5.41, 5.74) is 0. The van der Waals surface area contributed by atoms with Gasteiger partial charge in [-0.05, 0) is 44.1 Å². The molecule has 2 aliphatic rings. The van der Waals surface area contributed by atoms with Crippen LogP contribution < -0.4 is 0 Å². The summed E-state index contributed by atoms with van der Waals surface area (Å²) in [5, 5.41) is 0. The fourth-order valence-electron chi connectivity index (χ4n) is 3.63. The van der Waals surface area contributed by atoms with Gasteiger partial charge in [0.05, 0.1) is 0 Å². The average Bonchev–Trinajstić information content (AvgIpc) is 2.67. The first-order valence-corrected chi connectivity index (χ1v) is 8.61. The van der Waals surface area contributed by atoms with E-state index in [2.05, 4.69) is 11.8 Å². The van der Waals surface area contributed by atoms with Gasteiger partial charge in [0.15, 0.2) is 0 Å². The van der Waals surface area contributed by atoms with Gasteiger partial charge >= 0.3 is 0 Å². The first-order chi connectivity index (χ1) is 8.88. The van der Waals surface area contributed by atoms with Gasteiger partial charge in [-0.15, -0.1) is 0 Å². The number of rotatable bonds is 4. The lowest BCUT2D eigenvalue weighted by Crippen LogP contribution is -2.27. The van der Waals surface area contributed by atoms with E-state index in [9.17, 15) is 0 Å². The molecule has 1 heterocycles. The average molecular weight is 253 g/mol. The fourth-order valence-corrected chi connectivity index (χ4v) is 3.63. The van der Waals surface area contributed by atoms with Crippen LogP contribution in [0, 0.1) is 11.8 Å². The van der Waals surface area contributed by atoms with E-state index in [1.807, 2.05) is 13.8 Å². The van der Waals surface area contributed by atoms with Gasteiger partial charge in [0.25, 0.3) is 0 Å². The van der Waals surface area contributed by atoms with E-state index in [1.165, 1.54) is 77.4 Å². The van der Waals surface area contributed by atoms with Gasteiger partial charge in [-0.1, -0.05) is 52.9 Å². The topological polar surface area (TPSA) is 3.24 Å². The highest BCUT2D eigenvalue weighted by Crippen LogP contribution is 2.27. The molecule has 108 valence electrons. The zero-order valence-electron chi connectivity index (χ0n) is 13.1. The minimum Gasteiger partial charge on any atom is -0.303 e. The molecule has 2 rings (SSSR count). The van der Waals surface area contributed by atoms with Crippen LogP contribution in [-0.2, 0) is 0 Å². The third kappa shape index (κ3) is 5.73. The Hall–Kier alpha value is -0.0400. The Morgan fingerprint density at radius 2 is 1.56 bits per heavy atom.